The number of amides is 1. The second kappa shape index (κ2) is 4.26. The molecule has 2 rings (SSSR count). The molecule has 3 nitrogen and oxygen atoms in total. The second-order valence-corrected chi connectivity index (χ2v) is 3.78. The zero-order valence-corrected chi connectivity index (χ0v) is 8.45. The van der Waals surface area contributed by atoms with E-state index in [0.29, 0.717) is 12.8 Å². The molecule has 3 heteroatoms. The van der Waals surface area contributed by atoms with Crippen molar-refractivity contribution >= 4 is 17.9 Å². The zero-order valence-electron chi connectivity index (χ0n) is 8.45. The van der Waals surface area contributed by atoms with Crippen molar-refractivity contribution in [1.29, 1.82) is 0 Å². The Hall–Kier alpha value is -1.64. The highest BCUT2D eigenvalue weighted by atomic mass is 16.1. The van der Waals surface area contributed by atoms with Gasteiger partial charge in [-0.15, -0.1) is 0 Å². The van der Waals surface area contributed by atoms with Gasteiger partial charge < -0.3 is 10.1 Å². The fourth-order valence-corrected chi connectivity index (χ4v) is 1.83. The van der Waals surface area contributed by atoms with Crippen LogP contribution in [0, 0.1) is 0 Å². The van der Waals surface area contributed by atoms with E-state index in [9.17, 15) is 9.59 Å². The molecule has 1 heterocycles. The molecule has 0 atom stereocenters. The van der Waals surface area contributed by atoms with Crippen LogP contribution in [-0.4, -0.2) is 12.2 Å². The van der Waals surface area contributed by atoms with Crippen LogP contribution < -0.4 is 5.32 Å². The molecule has 1 aliphatic rings. The molecule has 1 aliphatic heterocycles. The van der Waals surface area contributed by atoms with Crippen LogP contribution in [0.15, 0.2) is 18.2 Å². The highest BCUT2D eigenvalue weighted by Gasteiger charge is 2.16. The molecule has 78 valence electrons. The maximum absolute atomic E-state index is 11.1. The van der Waals surface area contributed by atoms with Crippen LogP contribution in [0.5, 0.6) is 0 Å². The lowest BCUT2D eigenvalue weighted by Crippen LogP contribution is -2.03. The van der Waals surface area contributed by atoms with Crippen molar-refractivity contribution in [2.75, 3.05) is 5.32 Å². The SMILES string of the molecule is O=CCCCc1ccc2c(c1)CC(=O)N2. The molecule has 1 N–H and O–H groups in total. The van der Waals surface area contributed by atoms with Crippen LogP contribution >= 0.6 is 0 Å². The first-order chi connectivity index (χ1) is 7.29. The van der Waals surface area contributed by atoms with Crippen molar-refractivity contribution in [2.45, 2.75) is 25.7 Å². The number of fused-ring (bicyclic) bond motifs is 1. The Labute approximate surface area is 88.5 Å². The molecule has 0 spiro atoms. The molecule has 0 radical (unpaired) electrons. The van der Waals surface area contributed by atoms with Crippen LogP contribution in [0.2, 0.25) is 0 Å². The Kier molecular flexibility index (Phi) is 2.81. The summed E-state index contributed by atoms with van der Waals surface area (Å²) in [5.41, 5.74) is 3.20. The predicted octanol–water partition coefficient (Wildman–Crippen LogP) is 1.70. The summed E-state index contributed by atoms with van der Waals surface area (Å²) in [7, 11) is 0. The maximum Gasteiger partial charge on any atom is 0.228 e. The van der Waals surface area contributed by atoms with Gasteiger partial charge in [0.25, 0.3) is 0 Å². The molecule has 0 aliphatic carbocycles. The molecule has 0 saturated carbocycles. The van der Waals surface area contributed by atoms with Crippen LogP contribution in [0.1, 0.15) is 24.0 Å². The van der Waals surface area contributed by atoms with E-state index in [0.717, 1.165) is 30.4 Å². The third-order valence-electron chi connectivity index (χ3n) is 2.58. The summed E-state index contributed by atoms with van der Waals surface area (Å²) in [5.74, 6) is 0.0649. The Morgan fingerprint density at radius 2 is 2.27 bits per heavy atom. The van der Waals surface area contributed by atoms with Crippen molar-refractivity contribution in [3.63, 3.8) is 0 Å². The van der Waals surface area contributed by atoms with Crippen LogP contribution in [0.3, 0.4) is 0 Å². The summed E-state index contributed by atoms with van der Waals surface area (Å²) in [6.07, 6.45) is 3.81. The monoisotopic (exact) mass is 203 g/mol. The number of nitrogens with one attached hydrogen (secondary N) is 1. The molecular formula is C12H13NO2. The minimum absolute atomic E-state index is 0.0649. The molecule has 0 bridgehead atoms. The molecular weight excluding hydrogens is 190 g/mol. The first kappa shape index (κ1) is 9.90. The van der Waals surface area contributed by atoms with Gasteiger partial charge >= 0.3 is 0 Å². The van der Waals surface area contributed by atoms with Gasteiger partial charge in [0.15, 0.2) is 0 Å². The molecule has 0 aromatic heterocycles. The molecule has 15 heavy (non-hydrogen) atoms. The van der Waals surface area contributed by atoms with Crippen molar-refractivity contribution in [2.24, 2.45) is 0 Å². The van der Waals surface area contributed by atoms with Crippen LogP contribution in [0.25, 0.3) is 0 Å². The first-order valence-electron chi connectivity index (χ1n) is 5.15. The van der Waals surface area contributed by atoms with Gasteiger partial charge in [-0.3, -0.25) is 4.79 Å². The van der Waals surface area contributed by atoms with Gasteiger partial charge in [-0.2, -0.15) is 0 Å². The molecule has 0 saturated heterocycles. The largest absolute Gasteiger partial charge is 0.326 e. The third kappa shape index (κ3) is 2.24. The number of benzene rings is 1. The van der Waals surface area contributed by atoms with E-state index in [2.05, 4.69) is 11.4 Å². The number of aldehydes is 1. The number of rotatable bonds is 4. The minimum Gasteiger partial charge on any atom is -0.326 e. The van der Waals surface area contributed by atoms with E-state index in [-0.39, 0.29) is 5.91 Å². The highest BCUT2D eigenvalue weighted by Crippen LogP contribution is 2.24. The summed E-state index contributed by atoms with van der Waals surface area (Å²) in [5, 5.41) is 2.80. The number of carbonyl (C=O) groups excluding carboxylic acids is 2. The molecule has 0 unspecified atom stereocenters. The van der Waals surface area contributed by atoms with Gasteiger partial charge in [-0.25, -0.2) is 0 Å². The van der Waals surface area contributed by atoms with Crippen LogP contribution in [-0.2, 0) is 22.4 Å². The highest BCUT2D eigenvalue weighted by molar-refractivity contribution is 5.99. The summed E-state index contributed by atoms with van der Waals surface area (Å²) in [6.45, 7) is 0. The zero-order chi connectivity index (χ0) is 10.7. The third-order valence-corrected chi connectivity index (χ3v) is 2.58. The van der Waals surface area contributed by atoms with E-state index in [1.807, 2.05) is 12.1 Å². The predicted molar refractivity (Wildman–Crippen MR) is 57.8 cm³/mol. The normalized spacial score (nSPS) is 13.5. The number of hydrogen-bond acceptors (Lipinski definition) is 2. The molecule has 0 fully saturated rings. The van der Waals surface area contributed by atoms with E-state index in [1.54, 1.807) is 0 Å². The smallest absolute Gasteiger partial charge is 0.228 e. The maximum atomic E-state index is 11.1. The lowest BCUT2D eigenvalue weighted by Gasteiger charge is -2.02. The summed E-state index contributed by atoms with van der Waals surface area (Å²) in [6, 6.07) is 6.00. The van der Waals surface area contributed by atoms with Gasteiger partial charge in [0, 0.05) is 12.1 Å². The van der Waals surface area contributed by atoms with E-state index in [1.165, 1.54) is 5.56 Å². The fourth-order valence-electron chi connectivity index (χ4n) is 1.83. The Morgan fingerprint density at radius 3 is 3.07 bits per heavy atom. The summed E-state index contributed by atoms with van der Waals surface area (Å²) in [4.78, 5) is 21.3. The number of carbonyl (C=O) groups is 2. The number of aryl methyl sites for hydroxylation is 1. The van der Waals surface area contributed by atoms with Crippen molar-refractivity contribution in [3.8, 4) is 0 Å². The van der Waals surface area contributed by atoms with Gasteiger partial charge in [0.2, 0.25) is 5.91 Å². The van der Waals surface area contributed by atoms with Gasteiger partial charge in [-0.1, -0.05) is 12.1 Å². The van der Waals surface area contributed by atoms with Gasteiger partial charge in [-0.05, 0) is 30.0 Å². The van der Waals surface area contributed by atoms with Gasteiger partial charge in [0.05, 0.1) is 6.42 Å². The lowest BCUT2D eigenvalue weighted by atomic mass is 10.0. The van der Waals surface area contributed by atoms with E-state index < -0.39 is 0 Å². The number of anilines is 1. The topological polar surface area (TPSA) is 46.2 Å². The quantitative estimate of drug-likeness (QED) is 0.598. The average Bonchev–Trinajstić information content (AvgIpc) is 2.57. The lowest BCUT2D eigenvalue weighted by molar-refractivity contribution is -0.115. The van der Waals surface area contributed by atoms with Gasteiger partial charge in [0.1, 0.15) is 6.29 Å². The minimum atomic E-state index is 0.0649. The molecule has 1 aromatic carbocycles. The van der Waals surface area contributed by atoms with Crippen LogP contribution in [0.4, 0.5) is 5.69 Å². The number of unbranched alkanes of at least 4 members (excludes halogenated alkanes) is 1. The average molecular weight is 203 g/mol. The first-order valence-corrected chi connectivity index (χ1v) is 5.15. The second-order valence-electron chi connectivity index (χ2n) is 3.78. The molecule has 1 amide bonds. The van der Waals surface area contributed by atoms with E-state index >= 15 is 0 Å². The summed E-state index contributed by atoms with van der Waals surface area (Å²) >= 11 is 0. The van der Waals surface area contributed by atoms with Crippen molar-refractivity contribution in [3.05, 3.63) is 29.3 Å². The standard InChI is InChI=1S/C12H13NO2/c14-6-2-1-3-9-4-5-11-10(7-9)8-12(15)13-11/h4-7H,1-3,8H2,(H,13,15). The Morgan fingerprint density at radius 1 is 1.40 bits per heavy atom. The number of hydrogen-bond donors (Lipinski definition) is 1. The van der Waals surface area contributed by atoms with Crippen molar-refractivity contribution < 1.29 is 9.59 Å². The summed E-state index contributed by atoms with van der Waals surface area (Å²) < 4.78 is 0. The van der Waals surface area contributed by atoms with E-state index in [4.69, 9.17) is 0 Å². The fraction of sp³-hybridized carbons (Fsp3) is 0.333. The Bertz CT molecular complexity index is 399. The molecule has 1 aromatic rings. The Balaban J connectivity index is 2.06. The van der Waals surface area contributed by atoms with Crippen molar-refractivity contribution in [1.82, 2.24) is 0 Å².